The van der Waals surface area contributed by atoms with Crippen molar-refractivity contribution in [3.63, 3.8) is 0 Å². The van der Waals surface area contributed by atoms with E-state index in [9.17, 15) is 4.79 Å². The average molecular weight is 330 g/mol. The summed E-state index contributed by atoms with van der Waals surface area (Å²) in [4.78, 5) is 21.7. The standard InChI is InChI=1S/C20H18N4O/c25-20(22-15-9-5-2-6-10-15)17-13-18(21-16-11-12-16)24-19(23-17)14-7-3-1-4-8-14/h1-10,13,16H,11-12H2,(H,22,25)(H,21,23,24). The molecule has 0 radical (unpaired) electrons. The van der Waals surface area contributed by atoms with Gasteiger partial charge in [0.2, 0.25) is 0 Å². The second kappa shape index (κ2) is 6.73. The Morgan fingerprint density at radius 1 is 0.920 bits per heavy atom. The largest absolute Gasteiger partial charge is 0.367 e. The Bertz CT molecular complexity index is 877. The highest BCUT2D eigenvalue weighted by molar-refractivity contribution is 6.03. The summed E-state index contributed by atoms with van der Waals surface area (Å²) in [6.45, 7) is 0. The summed E-state index contributed by atoms with van der Waals surface area (Å²) < 4.78 is 0. The summed E-state index contributed by atoms with van der Waals surface area (Å²) in [5, 5.41) is 6.23. The first kappa shape index (κ1) is 15.3. The van der Waals surface area contributed by atoms with Gasteiger partial charge in [-0.15, -0.1) is 0 Å². The first-order chi connectivity index (χ1) is 12.3. The number of benzene rings is 2. The summed E-state index contributed by atoms with van der Waals surface area (Å²) in [6.07, 6.45) is 2.27. The van der Waals surface area contributed by atoms with E-state index in [0.29, 0.717) is 23.4 Å². The van der Waals surface area contributed by atoms with Crippen LogP contribution in [-0.2, 0) is 0 Å². The summed E-state index contributed by atoms with van der Waals surface area (Å²) >= 11 is 0. The van der Waals surface area contributed by atoms with Crippen LogP contribution in [0.2, 0.25) is 0 Å². The molecule has 124 valence electrons. The maximum absolute atomic E-state index is 12.6. The number of nitrogens with one attached hydrogen (secondary N) is 2. The van der Waals surface area contributed by atoms with Crippen LogP contribution in [0.5, 0.6) is 0 Å². The van der Waals surface area contributed by atoms with Crippen molar-refractivity contribution in [2.45, 2.75) is 18.9 Å². The predicted octanol–water partition coefficient (Wildman–Crippen LogP) is 3.97. The summed E-state index contributed by atoms with van der Waals surface area (Å²) in [5.41, 5.74) is 1.97. The molecule has 2 aromatic carbocycles. The lowest BCUT2D eigenvalue weighted by Crippen LogP contribution is -2.16. The molecule has 0 saturated heterocycles. The van der Waals surface area contributed by atoms with Crippen LogP contribution in [0.15, 0.2) is 66.7 Å². The van der Waals surface area contributed by atoms with Gasteiger partial charge < -0.3 is 10.6 Å². The maximum atomic E-state index is 12.6. The van der Waals surface area contributed by atoms with E-state index in [2.05, 4.69) is 20.6 Å². The minimum Gasteiger partial charge on any atom is -0.367 e. The van der Waals surface area contributed by atoms with Crippen molar-refractivity contribution in [3.05, 3.63) is 72.4 Å². The lowest BCUT2D eigenvalue weighted by atomic mass is 10.2. The highest BCUT2D eigenvalue weighted by Crippen LogP contribution is 2.25. The Morgan fingerprint density at radius 3 is 2.28 bits per heavy atom. The number of hydrogen-bond donors (Lipinski definition) is 2. The molecule has 3 aromatic rings. The molecule has 1 amide bonds. The van der Waals surface area contributed by atoms with Gasteiger partial charge in [-0.25, -0.2) is 9.97 Å². The molecule has 0 aliphatic heterocycles. The third-order valence-electron chi connectivity index (χ3n) is 3.95. The quantitative estimate of drug-likeness (QED) is 0.743. The van der Waals surface area contributed by atoms with Crippen molar-refractivity contribution in [3.8, 4) is 11.4 Å². The Balaban J connectivity index is 1.66. The van der Waals surface area contributed by atoms with Crippen LogP contribution in [0.4, 0.5) is 11.5 Å². The zero-order chi connectivity index (χ0) is 17.1. The molecule has 0 bridgehead atoms. The average Bonchev–Trinajstić information content (AvgIpc) is 3.47. The number of nitrogens with zero attached hydrogens (tertiary/aromatic N) is 2. The van der Waals surface area contributed by atoms with E-state index in [1.54, 1.807) is 6.07 Å². The fourth-order valence-corrected chi connectivity index (χ4v) is 2.51. The van der Waals surface area contributed by atoms with E-state index in [-0.39, 0.29) is 5.91 Å². The lowest BCUT2D eigenvalue weighted by molar-refractivity contribution is 0.102. The molecule has 1 aromatic heterocycles. The number of para-hydroxylation sites is 1. The van der Waals surface area contributed by atoms with Crippen molar-refractivity contribution in [2.75, 3.05) is 10.6 Å². The van der Waals surface area contributed by atoms with Gasteiger partial charge in [-0.2, -0.15) is 0 Å². The van der Waals surface area contributed by atoms with Crippen LogP contribution in [-0.4, -0.2) is 21.9 Å². The molecule has 5 nitrogen and oxygen atoms in total. The van der Waals surface area contributed by atoms with Gasteiger partial charge in [0, 0.05) is 23.4 Å². The fraction of sp³-hybridized carbons (Fsp3) is 0.150. The van der Waals surface area contributed by atoms with E-state index in [0.717, 1.165) is 24.1 Å². The number of amides is 1. The van der Waals surface area contributed by atoms with Gasteiger partial charge in [0.1, 0.15) is 11.5 Å². The summed E-state index contributed by atoms with van der Waals surface area (Å²) in [5.74, 6) is 0.989. The van der Waals surface area contributed by atoms with Crippen molar-refractivity contribution >= 4 is 17.4 Å². The fourth-order valence-electron chi connectivity index (χ4n) is 2.51. The van der Waals surface area contributed by atoms with Crippen molar-refractivity contribution in [1.82, 2.24) is 9.97 Å². The lowest BCUT2D eigenvalue weighted by Gasteiger charge is -2.10. The Hall–Kier alpha value is -3.21. The number of rotatable bonds is 5. The van der Waals surface area contributed by atoms with E-state index < -0.39 is 0 Å². The summed E-state index contributed by atoms with van der Waals surface area (Å²) in [7, 11) is 0. The number of aromatic nitrogens is 2. The van der Waals surface area contributed by atoms with Crippen molar-refractivity contribution < 1.29 is 4.79 Å². The maximum Gasteiger partial charge on any atom is 0.274 e. The first-order valence-corrected chi connectivity index (χ1v) is 8.35. The number of anilines is 2. The highest BCUT2D eigenvalue weighted by atomic mass is 16.1. The minimum atomic E-state index is -0.246. The van der Waals surface area contributed by atoms with Gasteiger partial charge in [0.15, 0.2) is 5.82 Å². The van der Waals surface area contributed by atoms with Gasteiger partial charge in [0.05, 0.1) is 0 Å². The highest BCUT2D eigenvalue weighted by Gasteiger charge is 2.22. The van der Waals surface area contributed by atoms with Gasteiger partial charge in [-0.3, -0.25) is 4.79 Å². The molecule has 0 unspecified atom stereocenters. The van der Waals surface area contributed by atoms with Crippen molar-refractivity contribution in [2.24, 2.45) is 0 Å². The molecule has 1 saturated carbocycles. The molecule has 1 aliphatic carbocycles. The molecule has 0 atom stereocenters. The van der Waals surface area contributed by atoms with E-state index in [1.165, 1.54) is 0 Å². The Kier molecular flexibility index (Phi) is 4.12. The van der Waals surface area contributed by atoms with Gasteiger partial charge in [-0.1, -0.05) is 48.5 Å². The second-order valence-electron chi connectivity index (χ2n) is 6.07. The topological polar surface area (TPSA) is 66.9 Å². The molecule has 4 rings (SSSR count). The predicted molar refractivity (Wildman–Crippen MR) is 98.5 cm³/mol. The second-order valence-corrected chi connectivity index (χ2v) is 6.07. The van der Waals surface area contributed by atoms with Crippen LogP contribution in [0.25, 0.3) is 11.4 Å². The summed E-state index contributed by atoms with van der Waals surface area (Å²) in [6, 6.07) is 21.2. The molecule has 25 heavy (non-hydrogen) atoms. The minimum absolute atomic E-state index is 0.246. The molecule has 2 N–H and O–H groups in total. The first-order valence-electron chi connectivity index (χ1n) is 8.35. The van der Waals surface area contributed by atoms with Crippen LogP contribution in [0, 0.1) is 0 Å². The normalized spacial score (nSPS) is 13.3. The van der Waals surface area contributed by atoms with Crippen molar-refractivity contribution in [1.29, 1.82) is 0 Å². The monoisotopic (exact) mass is 330 g/mol. The van der Waals surface area contributed by atoms with Crippen LogP contribution in [0.1, 0.15) is 23.3 Å². The van der Waals surface area contributed by atoms with Crippen LogP contribution in [0.3, 0.4) is 0 Å². The zero-order valence-corrected chi connectivity index (χ0v) is 13.6. The molecule has 1 heterocycles. The number of hydrogen-bond acceptors (Lipinski definition) is 4. The molecule has 1 fully saturated rings. The van der Waals surface area contributed by atoms with E-state index >= 15 is 0 Å². The van der Waals surface area contributed by atoms with Gasteiger partial charge in [0.25, 0.3) is 5.91 Å². The SMILES string of the molecule is O=C(Nc1ccccc1)c1cc(NC2CC2)nc(-c2ccccc2)n1. The molecule has 0 spiro atoms. The van der Waals surface area contributed by atoms with E-state index in [1.807, 2.05) is 60.7 Å². The van der Waals surface area contributed by atoms with E-state index in [4.69, 9.17) is 0 Å². The van der Waals surface area contributed by atoms with Gasteiger partial charge in [-0.05, 0) is 25.0 Å². The van der Waals surface area contributed by atoms with Crippen LogP contribution >= 0.6 is 0 Å². The molecule has 5 heteroatoms. The Morgan fingerprint density at radius 2 is 1.60 bits per heavy atom. The Labute approximate surface area is 146 Å². The smallest absolute Gasteiger partial charge is 0.274 e. The molecule has 1 aliphatic rings. The number of carbonyl (C=O) groups is 1. The third-order valence-corrected chi connectivity index (χ3v) is 3.95. The molecular weight excluding hydrogens is 312 g/mol. The third kappa shape index (κ3) is 3.83. The zero-order valence-electron chi connectivity index (χ0n) is 13.6. The molecular formula is C20H18N4O. The van der Waals surface area contributed by atoms with Gasteiger partial charge >= 0.3 is 0 Å². The number of carbonyl (C=O) groups excluding carboxylic acids is 1. The van der Waals surface area contributed by atoms with Crippen LogP contribution < -0.4 is 10.6 Å².